The first-order chi connectivity index (χ1) is 10.6. The van der Waals surface area contributed by atoms with Crippen LogP contribution in [0.4, 0.5) is 0 Å². The van der Waals surface area contributed by atoms with E-state index in [4.69, 9.17) is 4.52 Å². The van der Waals surface area contributed by atoms with E-state index in [1.807, 2.05) is 25.1 Å². The van der Waals surface area contributed by atoms with Crippen LogP contribution in [-0.2, 0) is 11.3 Å². The Labute approximate surface area is 130 Å². The van der Waals surface area contributed by atoms with E-state index in [1.165, 1.54) is 21.8 Å². The first-order valence-corrected chi connectivity index (χ1v) is 7.60. The highest BCUT2D eigenvalue weighted by Gasteiger charge is 2.21. The van der Waals surface area contributed by atoms with Crippen molar-refractivity contribution in [2.24, 2.45) is 0 Å². The predicted octanol–water partition coefficient (Wildman–Crippen LogP) is 2.27. The van der Waals surface area contributed by atoms with E-state index in [0.29, 0.717) is 11.1 Å². The summed E-state index contributed by atoms with van der Waals surface area (Å²) in [4.78, 5) is 26.2. The highest BCUT2D eigenvalue weighted by Crippen LogP contribution is 2.19. The van der Waals surface area contributed by atoms with Gasteiger partial charge in [0.15, 0.2) is 0 Å². The number of amides is 1. The Bertz CT molecular complexity index is 850. The molecule has 3 rings (SSSR count). The van der Waals surface area contributed by atoms with Gasteiger partial charge >= 0.3 is 0 Å². The van der Waals surface area contributed by atoms with Crippen LogP contribution in [-0.4, -0.2) is 27.0 Å². The molecule has 3 aromatic rings. The van der Waals surface area contributed by atoms with Crippen molar-refractivity contribution in [3.63, 3.8) is 0 Å². The lowest BCUT2D eigenvalue weighted by Gasteiger charge is -2.22. The summed E-state index contributed by atoms with van der Waals surface area (Å²) >= 11 is 1.30. The molecule has 0 bridgehead atoms. The number of hydrogen-bond acceptors (Lipinski definition) is 5. The van der Waals surface area contributed by atoms with Gasteiger partial charge in [-0.15, -0.1) is 0 Å². The van der Waals surface area contributed by atoms with E-state index in [9.17, 15) is 9.59 Å². The summed E-state index contributed by atoms with van der Waals surface area (Å²) in [6.07, 6.45) is 1.47. The fourth-order valence-corrected chi connectivity index (χ4v) is 3.19. The predicted molar refractivity (Wildman–Crippen MR) is 83.8 cm³/mol. The topological polar surface area (TPSA) is 68.3 Å². The summed E-state index contributed by atoms with van der Waals surface area (Å²) in [5, 5.41) is 4.49. The summed E-state index contributed by atoms with van der Waals surface area (Å²) < 4.78 is 7.17. The van der Waals surface area contributed by atoms with Gasteiger partial charge < -0.3 is 9.42 Å². The molecule has 0 aliphatic carbocycles. The fourth-order valence-electron chi connectivity index (χ4n) is 2.21. The molecule has 0 saturated carbocycles. The lowest BCUT2D eigenvalue weighted by atomic mass is 10.2. The minimum Gasteiger partial charge on any atom is -0.364 e. The van der Waals surface area contributed by atoms with Crippen molar-refractivity contribution < 1.29 is 9.32 Å². The first-order valence-electron chi connectivity index (χ1n) is 6.82. The van der Waals surface area contributed by atoms with Crippen molar-refractivity contribution in [2.75, 3.05) is 7.05 Å². The number of aromatic nitrogens is 2. The molecule has 0 fully saturated rings. The molecular formula is C15H15N3O3S. The molecule has 6 nitrogen and oxygen atoms in total. The van der Waals surface area contributed by atoms with Crippen molar-refractivity contribution in [1.29, 1.82) is 0 Å². The summed E-state index contributed by atoms with van der Waals surface area (Å²) in [5.74, 6) is -0.149. The van der Waals surface area contributed by atoms with Crippen LogP contribution in [0.1, 0.15) is 18.7 Å². The molecule has 0 radical (unpaired) electrons. The zero-order chi connectivity index (χ0) is 15.7. The number of fused-ring (bicyclic) bond motifs is 1. The minimum absolute atomic E-state index is 0.0247. The first kappa shape index (κ1) is 14.5. The Morgan fingerprint density at radius 2 is 2.18 bits per heavy atom. The number of benzene rings is 1. The van der Waals surface area contributed by atoms with Crippen LogP contribution in [0.5, 0.6) is 0 Å². The molecule has 0 aliphatic heterocycles. The Morgan fingerprint density at radius 3 is 2.86 bits per heavy atom. The van der Waals surface area contributed by atoms with E-state index in [1.54, 1.807) is 24.1 Å². The second-order valence-corrected chi connectivity index (χ2v) is 6.10. The highest BCUT2D eigenvalue weighted by molar-refractivity contribution is 7.13. The third-order valence-corrected chi connectivity index (χ3v) is 4.76. The lowest BCUT2D eigenvalue weighted by molar-refractivity contribution is -0.132. The standard InChI is InChI=1S/C15H15N3O3S/c1-10(12-7-8-21-16-12)17(2)14(19)9-18-15(20)11-5-3-4-6-13(11)22-18/h3-8,10H,9H2,1-2H3/t10-/m0/s1. The molecule has 0 N–H and O–H groups in total. The molecule has 1 aromatic carbocycles. The van der Waals surface area contributed by atoms with Crippen molar-refractivity contribution in [1.82, 2.24) is 14.0 Å². The van der Waals surface area contributed by atoms with Crippen molar-refractivity contribution in [3.05, 3.63) is 52.6 Å². The van der Waals surface area contributed by atoms with Gasteiger partial charge in [-0.05, 0) is 19.1 Å². The zero-order valence-corrected chi connectivity index (χ0v) is 13.0. The van der Waals surface area contributed by atoms with Crippen LogP contribution >= 0.6 is 11.5 Å². The summed E-state index contributed by atoms with van der Waals surface area (Å²) in [6, 6.07) is 8.86. The number of rotatable bonds is 4. The third kappa shape index (κ3) is 2.55. The van der Waals surface area contributed by atoms with Gasteiger partial charge in [0, 0.05) is 13.1 Å². The third-order valence-electron chi connectivity index (χ3n) is 3.69. The molecule has 7 heteroatoms. The maximum absolute atomic E-state index is 12.4. The maximum atomic E-state index is 12.4. The maximum Gasteiger partial charge on any atom is 0.268 e. The van der Waals surface area contributed by atoms with Gasteiger partial charge in [0.05, 0.1) is 16.1 Å². The van der Waals surface area contributed by atoms with Gasteiger partial charge in [0.2, 0.25) is 5.91 Å². The summed E-state index contributed by atoms with van der Waals surface area (Å²) in [5.41, 5.74) is 0.552. The SMILES string of the molecule is C[C@@H](c1ccon1)N(C)C(=O)Cn1sc2ccccc2c1=O. The Balaban J connectivity index is 1.81. The number of nitrogens with zero attached hydrogens (tertiary/aromatic N) is 3. The van der Waals surface area contributed by atoms with Crippen molar-refractivity contribution in [3.8, 4) is 0 Å². The normalized spacial score (nSPS) is 12.5. The number of likely N-dealkylation sites (N-methyl/N-ethyl adjacent to an activating group) is 1. The monoisotopic (exact) mass is 317 g/mol. The van der Waals surface area contributed by atoms with E-state index >= 15 is 0 Å². The molecular weight excluding hydrogens is 302 g/mol. The van der Waals surface area contributed by atoms with Crippen molar-refractivity contribution in [2.45, 2.75) is 19.5 Å². The van der Waals surface area contributed by atoms with Crippen LogP contribution in [0.3, 0.4) is 0 Å². The molecule has 2 heterocycles. The second-order valence-electron chi connectivity index (χ2n) is 5.03. The minimum atomic E-state index is -0.212. The van der Waals surface area contributed by atoms with Gasteiger partial charge in [-0.1, -0.05) is 28.8 Å². The van der Waals surface area contributed by atoms with E-state index in [-0.39, 0.29) is 24.1 Å². The van der Waals surface area contributed by atoms with Gasteiger partial charge in [-0.3, -0.25) is 13.5 Å². The van der Waals surface area contributed by atoms with E-state index in [0.717, 1.165) is 4.70 Å². The molecule has 114 valence electrons. The molecule has 1 atom stereocenters. The van der Waals surface area contributed by atoms with Crippen molar-refractivity contribution >= 4 is 27.5 Å². The molecule has 0 spiro atoms. The van der Waals surface area contributed by atoms with Crippen LogP contribution in [0.25, 0.3) is 10.1 Å². The van der Waals surface area contributed by atoms with E-state index in [2.05, 4.69) is 5.16 Å². The van der Waals surface area contributed by atoms with Crippen LogP contribution in [0.15, 0.2) is 45.9 Å². The summed E-state index contributed by atoms with van der Waals surface area (Å²) in [6.45, 7) is 1.89. The molecule has 22 heavy (non-hydrogen) atoms. The zero-order valence-electron chi connectivity index (χ0n) is 12.2. The van der Waals surface area contributed by atoms with Crippen LogP contribution in [0, 0.1) is 0 Å². The molecule has 1 amide bonds. The summed E-state index contributed by atoms with van der Waals surface area (Å²) in [7, 11) is 1.69. The molecule has 2 aromatic heterocycles. The molecule has 0 aliphatic rings. The lowest BCUT2D eigenvalue weighted by Crippen LogP contribution is -2.34. The van der Waals surface area contributed by atoms with Crippen LogP contribution < -0.4 is 5.56 Å². The number of carbonyl (C=O) groups is 1. The number of carbonyl (C=O) groups excluding carboxylic acids is 1. The van der Waals surface area contributed by atoms with Crippen LogP contribution in [0.2, 0.25) is 0 Å². The Morgan fingerprint density at radius 1 is 1.41 bits per heavy atom. The fraction of sp³-hybridized carbons (Fsp3) is 0.267. The van der Waals surface area contributed by atoms with Gasteiger partial charge in [-0.25, -0.2) is 0 Å². The highest BCUT2D eigenvalue weighted by atomic mass is 32.1. The van der Waals surface area contributed by atoms with Gasteiger partial charge in [-0.2, -0.15) is 0 Å². The van der Waals surface area contributed by atoms with Gasteiger partial charge in [0.1, 0.15) is 18.5 Å². The van der Waals surface area contributed by atoms with Gasteiger partial charge in [0.25, 0.3) is 5.56 Å². The Hall–Kier alpha value is -2.41. The average Bonchev–Trinajstić information content (AvgIpc) is 3.15. The average molecular weight is 317 g/mol. The molecule has 0 unspecified atom stereocenters. The Kier molecular flexibility index (Phi) is 3.81. The quantitative estimate of drug-likeness (QED) is 0.740. The molecule has 0 saturated heterocycles. The number of hydrogen-bond donors (Lipinski definition) is 0. The van der Waals surface area contributed by atoms with E-state index < -0.39 is 0 Å². The second kappa shape index (κ2) is 5.76. The largest absolute Gasteiger partial charge is 0.364 e. The smallest absolute Gasteiger partial charge is 0.268 e.